The second kappa shape index (κ2) is 5.50. The fourth-order valence-electron chi connectivity index (χ4n) is 2.50. The van der Waals surface area contributed by atoms with Crippen LogP contribution < -0.4 is 0 Å². The molecule has 7 heteroatoms. The minimum atomic E-state index is 0.00871. The molecule has 19 heavy (non-hydrogen) atoms. The molecule has 2 fully saturated rings. The summed E-state index contributed by atoms with van der Waals surface area (Å²) in [5.74, 6) is 0.467. The van der Waals surface area contributed by atoms with E-state index in [4.69, 9.17) is 0 Å². The van der Waals surface area contributed by atoms with Gasteiger partial charge in [-0.1, -0.05) is 11.8 Å². The van der Waals surface area contributed by atoms with Gasteiger partial charge in [0.2, 0.25) is 5.91 Å². The van der Waals surface area contributed by atoms with Crippen molar-refractivity contribution >= 4 is 17.7 Å². The molecule has 0 bridgehead atoms. The quantitative estimate of drug-likeness (QED) is 0.805. The Balaban J connectivity index is 1.56. The summed E-state index contributed by atoms with van der Waals surface area (Å²) in [5, 5.41) is 18.1. The first-order valence-electron chi connectivity index (χ1n) is 6.72. The van der Waals surface area contributed by atoms with E-state index in [1.807, 2.05) is 0 Å². The number of carbonyl (C=O) groups is 1. The number of likely N-dealkylation sites (tertiary alicyclic amines) is 1. The molecule has 2 aliphatic rings. The third kappa shape index (κ3) is 2.76. The molecule has 1 saturated carbocycles. The zero-order valence-corrected chi connectivity index (χ0v) is 11.6. The maximum Gasteiger partial charge on any atom is 0.233 e. The van der Waals surface area contributed by atoms with Crippen molar-refractivity contribution in [3.05, 3.63) is 6.33 Å². The van der Waals surface area contributed by atoms with Gasteiger partial charge in [-0.25, -0.2) is 0 Å². The summed E-state index contributed by atoms with van der Waals surface area (Å²) in [7, 11) is 0. The van der Waals surface area contributed by atoms with Gasteiger partial charge in [0.05, 0.1) is 18.4 Å². The lowest BCUT2D eigenvalue weighted by Crippen LogP contribution is -2.38. The van der Waals surface area contributed by atoms with Crippen LogP contribution in [0.25, 0.3) is 0 Å². The van der Waals surface area contributed by atoms with Crippen LogP contribution in [0.1, 0.15) is 31.7 Å². The number of amides is 1. The molecule has 0 radical (unpaired) electrons. The number of nitrogens with zero attached hydrogens (tertiary/aromatic N) is 4. The summed E-state index contributed by atoms with van der Waals surface area (Å²) < 4.78 is 2.06. The van der Waals surface area contributed by atoms with E-state index in [1.165, 1.54) is 24.6 Å². The number of aliphatic hydroxyl groups is 1. The Morgan fingerprint density at radius 1 is 1.47 bits per heavy atom. The molecule has 1 amide bonds. The maximum absolute atomic E-state index is 12.1. The van der Waals surface area contributed by atoms with Gasteiger partial charge in [0.1, 0.15) is 6.33 Å². The summed E-state index contributed by atoms with van der Waals surface area (Å²) in [6.45, 7) is 0.828. The summed E-state index contributed by atoms with van der Waals surface area (Å²) >= 11 is 1.45. The number of aromatic nitrogens is 3. The van der Waals surface area contributed by atoms with E-state index in [0.29, 0.717) is 11.8 Å². The van der Waals surface area contributed by atoms with E-state index < -0.39 is 0 Å². The lowest BCUT2D eigenvalue weighted by molar-refractivity contribution is -0.129. The van der Waals surface area contributed by atoms with E-state index >= 15 is 0 Å². The average Bonchev–Trinajstić information content (AvgIpc) is 2.98. The first-order valence-corrected chi connectivity index (χ1v) is 7.71. The first kappa shape index (κ1) is 12.9. The molecule has 1 aliphatic heterocycles. The molecule has 1 aromatic rings. The molecule has 1 atom stereocenters. The average molecular weight is 282 g/mol. The van der Waals surface area contributed by atoms with Crippen molar-refractivity contribution in [3.8, 4) is 0 Å². The van der Waals surface area contributed by atoms with E-state index in [1.54, 1.807) is 11.2 Å². The minimum absolute atomic E-state index is 0.00871. The highest BCUT2D eigenvalue weighted by molar-refractivity contribution is 7.99. The van der Waals surface area contributed by atoms with Crippen LogP contribution in [0.15, 0.2) is 11.5 Å². The molecule has 1 N–H and O–H groups in total. The molecule has 104 valence electrons. The van der Waals surface area contributed by atoms with E-state index in [0.717, 1.165) is 24.5 Å². The second-order valence-corrected chi connectivity index (χ2v) is 6.05. The lowest BCUT2D eigenvalue weighted by atomic mass is 10.2. The van der Waals surface area contributed by atoms with Gasteiger partial charge >= 0.3 is 0 Å². The first-order chi connectivity index (χ1) is 9.29. The number of rotatable bonds is 5. The Hall–Kier alpha value is -1.08. The van der Waals surface area contributed by atoms with Gasteiger partial charge in [-0.15, -0.1) is 10.2 Å². The summed E-state index contributed by atoms with van der Waals surface area (Å²) in [6.07, 6.45) is 6.00. The Kier molecular flexibility index (Phi) is 3.74. The van der Waals surface area contributed by atoms with Crippen LogP contribution in [-0.4, -0.2) is 55.6 Å². The van der Waals surface area contributed by atoms with Crippen molar-refractivity contribution in [3.63, 3.8) is 0 Å². The molecule has 0 unspecified atom stereocenters. The largest absolute Gasteiger partial charge is 0.394 e. The van der Waals surface area contributed by atoms with Crippen LogP contribution in [0.2, 0.25) is 0 Å². The Labute approximate surface area is 116 Å². The molecule has 0 aromatic carbocycles. The van der Waals surface area contributed by atoms with Gasteiger partial charge in [-0.2, -0.15) is 0 Å². The predicted octanol–water partition coefficient (Wildman–Crippen LogP) is 0.688. The number of thioether (sulfide) groups is 1. The fraction of sp³-hybridized carbons (Fsp3) is 0.750. The Bertz CT molecular complexity index is 460. The maximum atomic E-state index is 12.1. The van der Waals surface area contributed by atoms with Crippen LogP contribution in [-0.2, 0) is 4.79 Å². The highest BCUT2D eigenvalue weighted by Gasteiger charge is 2.29. The Morgan fingerprint density at radius 3 is 3.05 bits per heavy atom. The van der Waals surface area contributed by atoms with E-state index in [-0.39, 0.29) is 18.6 Å². The van der Waals surface area contributed by atoms with Crippen LogP contribution in [0.3, 0.4) is 0 Å². The van der Waals surface area contributed by atoms with Crippen LogP contribution >= 0.6 is 11.8 Å². The third-order valence-corrected chi connectivity index (χ3v) is 4.66. The highest BCUT2D eigenvalue weighted by atomic mass is 32.2. The molecule has 0 spiro atoms. The van der Waals surface area contributed by atoms with Crippen LogP contribution in [0.4, 0.5) is 0 Å². The molecular formula is C12H18N4O2S. The zero-order valence-electron chi connectivity index (χ0n) is 10.7. The molecular weight excluding hydrogens is 264 g/mol. The normalized spacial score (nSPS) is 23.0. The smallest absolute Gasteiger partial charge is 0.233 e. The standard InChI is InChI=1S/C12H18N4O2S/c17-6-10-2-1-5-15(10)11(18)7-19-12-14-13-8-16(12)9-3-4-9/h8-10,17H,1-7H2/t10-/m1/s1. The second-order valence-electron chi connectivity index (χ2n) is 5.11. The summed E-state index contributed by atoms with van der Waals surface area (Å²) in [4.78, 5) is 13.9. The fourth-order valence-corrected chi connectivity index (χ4v) is 3.37. The van der Waals surface area contributed by atoms with Gasteiger partial charge in [0.25, 0.3) is 0 Å². The summed E-state index contributed by atoms with van der Waals surface area (Å²) in [5.41, 5.74) is 0. The number of aliphatic hydroxyl groups excluding tert-OH is 1. The van der Waals surface area contributed by atoms with Gasteiger partial charge in [0.15, 0.2) is 5.16 Å². The highest BCUT2D eigenvalue weighted by Crippen LogP contribution is 2.37. The Morgan fingerprint density at radius 2 is 2.32 bits per heavy atom. The molecule has 2 heterocycles. The van der Waals surface area contributed by atoms with Crippen molar-refractivity contribution < 1.29 is 9.90 Å². The van der Waals surface area contributed by atoms with E-state index in [2.05, 4.69) is 14.8 Å². The van der Waals surface area contributed by atoms with Crippen LogP contribution in [0, 0.1) is 0 Å². The van der Waals surface area contributed by atoms with Crippen molar-refractivity contribution in [2.24, 2.45) is 0 Å². The molecule has 1 saturated heterocycles. The number of hydrogen-bond acceptors (Lipinski definition) is 5. The minimum Gasteiger partial charge on any atom is -0.394 e. The van der Waals surface area contributed by atoms with Crippen LogP contribution in [0.5, 0.6) is 0 Å². The van der Waals surface area contributed by atoms with Crippen molar-refractivity contribution in [1.82, 2.24) is 19.7 Å². The van der Waals surface area contributed by atoms with Gasteiger partial charge in [0, 0.05) is 12.6 Å². The van der Waals surface area contributed by atoms with Gasteiger partial charge in [-0.3, -0.25) is 4.79 Å². The zero-order chi connectivity index (χ0) is 13.2. The monoisotopic (exact) mass is 282 g/mol. The summed E-state index contributed by atoms with van der Waals surface area (Å²) in [6, 6.07) is 0.541. The van der Waals surface area contributed by atoms with Crippen molar-refractivity contribution in [2.75, 3.05) is 18.9 Å². The molecule has 6 nitrogen and oxygen atoms in total. The van der Waals surface area contributed by atoms with Gasteiger partial charge in [-0.05, 0) is 25.7 Å². The van der Waals surface area contributed by atoms with Gasteiger partial charge < -0.3 is 14.6 Å². The third-order valence-electron chi connectivity index (χ3n) is 3.71. The molecule has 3 rings (SSSR count). The number of carbonyl (C=O) groups excluding carboxylic acids is 1. The SMILES string of the molecule is O=C(CSc1nncn1C1CC1)N1CCC[C@@H]1CO. The molecule has 1 aliphatic carbocycles. The van der Waals surface area contributed by atoms with E-state index in [9.17, 15) is 9.90 Å². The lowest BCUT2D eigenvalue weighted by Gasteiger charge is -2.22. The molecule has 1 aromatic heterocycles. The predicted molar refractivity (Wildman–Crippen MR) is 70.8 cm³/mol. The van der Waals surface area contributed by atoms with Crippen molar-refractivity contribution in [1.29, 1.82) is 0 Å². The van der Waals surface area contributed by atoms with Crippen molar-refractivity contribution in [2.45, 2.75) is 42.9 Å². The number of hydrogen-bond donors (Lipinski definition) is 1. The topological polar surface area (TPSA) is 71.2 Å².